The molecule has 0 radical (unpaired) electrons. The van der Waals surface area contributed by atoms with E-state index in [4.69, 9.17) is 6.42 Å². The summed E-state index contributed by atoms with van der Waals surface area (Å²) in [7, 11) is -3.68. The van der Waals surface area contributed by atoms with E-state index in [2.05, 4.69) is 33.1 Å². The number of anilines is 1. The molecule has 0 aliphatic rings. The zero-order valence-corrected chi connectivity index (χ0v) is 16.0. The lowest BCUT2D eigenvalue weighted by Gasteiger charge is -2.05. The van der Waals surface area contributed by atoms with Crippen LogP contribution in [0.3, 0.4) is 0 Å². The Morgan fingerprint density at radius 3 is 2.62 bits per heavy atom. The average molecular weight is 393 g/mol. The number of hydrogen-bond acceptors (Lipinski definition) is 6. The number of aryl methyl sites for hydroxylation is 1. The smallest absolute Gasteiger partial charge is 0.257 e. The van der Waals surface area contributed by atoms with Crippen molar-refractivity contribution in [2.24, 2.45) is 0 Å². The fourth-order valence-corrected chi connectivity index (χ4v) is 3.82. The van der Waals surface area contributed by atoms with Crippen LogP contribution < -0.4 is 10.0 Å². The van der Waals surface area contributed by atoms with Crippen molar-refractivity contribution in [3.63, 3.8) is 0 Å². The summed E-state index contributed by atoms with van der Waals surface area (Å²) < 4.78 is 26.2. The molecule has 0 atom stereocenters. The van der Waals surface area contributed by atoms with Crippen LogP contribution in [0.1, 0.15) is 41.6 Å². The molecule has 26 heavy (non-hydrogen) atoms. The van der Waals surface area contributed by atoms with E-state index in [1.165, 1.54) is 35.6 Å². The average Bonchev–Trinajstić information content (AvgIpc) is 3.07. The third kappa shape index (κ3) is 5.62. The normalized spacial score (nSPS) is 11.1. The molecule has 1 heterocycles. The molecule has 0 saturated heterocycles. The highest BCUT2D eigenvalue weighted by Crippen LogP contribution is 2.19. The maximum atomic E-state index is 12.3. The van der Waals surface area contributed by atoms with Crippen LogP contribution in [0, 0.1) is 12.3 Å². The summed E-state index contributed by atoms with van der Waals surface area (Å²) in [4.78, 5) is 12.3. The molecular weight excluding hydrogens is 372 g/mol. The summed E-state index contributed by atoms with van der Waals surface area (Å²) >= 11 is 1.34. The van der Waals surface area contributed by atoms with E-state index in [1.54, 1.807) is 0 Å². The van der Waals surface area contributed by atoms with Gasteiger partial charge in [0.1, 0.15) is 5.01 Å². The van der Waals surface area contributed by atoms with Crippen molar-refractivity contribution in [2.45, 2.75) is 37.5 Å². The van der Waals surface area contributed by atoms with Gasteiger partial charge in [0, 0.05) is 12.0 Å². The Labute approximate surface area is 157 Å². The zero-order valence-electron chi connectivity index (χ0n) is 14.4. The van der Waals surface area contributed by atoms with E-state index >= 15 is 0 Å². The third-order valence-electron chi connectivity index (χ3n) is 3.47. The monoisotopic (exact) mass is 392 g/mol. The van der Waals surface area contributed by atoms with Gasteiger partial charge in [-0.25, -0.2) is 8.42 Å². The second kappa shape index (κ2) is 9.43. The molecule has 0 fully saturated rings. The molecule has 0 bridgehead atoms. The highest BCUT2D eigenvalue weighted by Gasteiger charge is 2.15. The Hall–Kier alpha value is -2.28. The second-order valence-corrected chi connectivity index (χ2v) is 8.29. The van der Waals surface area contributed by atoms with Crippen LogP contribution in [0.15, 0.2) is 29.2 Å². The van der Waals surface area contributed by atoms with Crippen LogP contribution in [-0.2, 0) is 16.4 Å². The Morgan fingerprint density at radius 2 is 1.96 bits per heavy atom. The van der Waals surface area contributed by atoms with Gasteiger partial charge in [-0.2, -0.15) is 4.72 Å². The van der Waals surface area contributed by atoms with Crippen molar-refractivity contribution in [2.75, 3.05) is 11.9 Å². The summed E-state index contributed by atoms with van der Waals surface area (Å²) in [5.41, 5.74) is 0.323. The van der Waals surface area contributed by atoms with Gasteiger partial charge in [-0.3, -0.25) is 10.1 Å². The molecule has 2 rings (SSSR count). The number of nitrogens with one attached hydrogen (secondary N) is 2. The summed E-state index contributed by atoms with van der Waals surface area (Å²) in [6, 6.07) is 5.57. The van der Waals surface area contributed by atoms with E-state index in [0.717, 1.165) is 30.7 Å². The van der Waals surface area contributed by atoms with Crippen LogP contribution in [0.2, 0.25) is 0 Å². The lowest BCUT2D eigenvalue weighted by molar-refractivity contribution is 0.102. The molecule has 9 heteroatoms. The molecule has 1 aromatic heterocycles. The number of carbonyl (C=O) groups excluding carboxylic acids is 1. The van der Waals surface area contributed by atoms with Gasteiger partial charge in [0.25, 0.3) is 5.91 Å². The zero-order chi connectivity index (χ0) is 19.0. The minimum atomic E-state index is -3.68. The van der Waals surface area contributed by atoms with Crippen molar-refractivity contribution in [3.05, 3.63) is 34.8 Å². The fraction of sp³-hybridized carbons (Fsp3) is 0.353. The van der Waals surface area contributed by atoms with Crippen LogP contribution >= 0.6 is 11.3 Å². The lowest BCUT2D eigenvalue weighted by Crippen LogP contribution is -2.24. The Balaban J connectivity index is 1.99. The molecule has 0 aliphatic heterocycles. The van der Waals surface area contributed by atoms with Crippen LogP contribution in [0.4, 0.5) is 5.13 Å². The Kier molecular flexibility index (Phi) is 7.26. The summed E-state index contributed by atoms with van der Waals surface area (Å²) in [5, 5.41) is 12.0. The van der Waals surface area contributed by atoms with Crippen molar-refractivity contribution < 1.29 is 13.2 Å². The molecule has 7 nitrogen and oxygen atoms in total. The number of hydrogen-bond donors (Lipinski definition) is 2. The number of nitrogens with zero attached hydrogens (tertiary/aromatic N) is 2. The number of sulfonamides is 1. The standard InChI is InChI=1S/C17H20N4O3S2/c1-3-5-6-7-15-20-21-17(25-15)19-16(22)13-8-10-14(11-9-13)26(23,24)18-12-4-2/h2,8-11,18H,3,5-7,12H2,1H3,(H,19,21,22). The first-order valence-corrected chi connectivity index (χ1v) is 10.4. The highest BCUT2D eigenvalue weighted by molar-refractivity contribution is 7.89. The molecule has 1 amide bonds. The first kappa shape index (κ1) is 20.0. The lowest BCUT2D eigenvalue weighted by atomic mass is 10.2. The molecule has 0 unspecified atom stereocenters. The molecule has 2 N–H and O–H groups in total. The van der Waals surface area contributed by atoms with E-state index in [1.807, 2.05) is 0 Å². The summed E-state index contributed by atoms with van der Waals surface area (Å²) in [5.74, 6) is 1.83. The number of carbonyl (C=O) groups is 1. The first-order valence-electron chi connectivity index (χ1n) is 8.13. The number of benzene rings is 1. The third-order valence-corrected chi connectivity index (χ3v) is 5.79. The molecule has 138 valence electrons. The minimum absolute atomic E-state index is 0.0402. The number of terminal acetylenes is 1. The topological polar surface area (TPSA) is 101 Å². The second-order valence-electron chi connectivity index (χ2n) is 5.47. The Morgan fingerprint density at radius 1 is 1.23 bits per heavy atom. The molecule has 0 saturated carbocycles. The van der Waals surface area contributed by atoms with Gasteiger partial charge in [-0.05, 0) is 30.7 Å². The van der Waals surface area contributed by atoms with E-state index in [0.29, 0.717) is 10.7 Å². The molecule has 2 aromatic rings. The van der Waals surface area contributed by atoms with Crippen LogP contribution in [-0.4, -0.2) is 31.1 Å². The SMILES string of the molecule is C#CCNS(=O)(=O)c1ccc(C(=O)Nc2nnc(CCCCC)s2)cc1. The van der Waals surface area contributed by atoms with E-state index in [-0.39, 0.29) is 17.3 Å². The summed E-state index contributed by atoms with van der Waals surface area (Å²) in [6.45, 7) is 2.04. The van der Waals surface area contributed by atoms with Crippen molar-refractivity contribution >= 4 is 32.4 Å². The Bertz CT molecular complexity index is 883. The maximum Gasteiger partial charge on any atom is 0.257 e. The maximum absolute atomic E-state index is 12.3. The quantitative estimate of drug-likeness (QED) is 0.504. The minimum Gasteiger partial charge on any atom is -0.296 e. The number of unbranched alkanes of at least 4 members (excludes halogenated alkanes) is 2. The molecular formula is C17H20N4O3S2. The van der Waals surface area contributed by atoms with E-state index < -0.39 is 10.0 Å². The number of rotatable bonds is 9. The van der Waals surface area contributed by atoms with Gasteiger partial charge in [0.05, 0.1) is 11.4 Å². The number of amides is 1. The number of aromatic nitrogens is 2. The highest BCUT2D eigenvalue weighted by atomic mass is 32.2. The predicted octanol–water partition coefficient (Wildman–Crippen LogP) is 2.43. The fourth-order valence-electron chi connectivity index (χ4n) is 2.11. The van der Waals surface area contributed by atoms with Gasteiger partial charge < -0.3 is 0 Å². The largest absolute Gasteiger partial charge is 0.296 e. The molecule has 0 aliphatic carbocycles. The first-order chi connectivity index (χ1) is 12.5. The van der Waals surface area contributed by atoms with Gasteiger partial charge in [-0.15, -0.1) is 16.6 Å². The molecule has 0 spiro atoms. The van der Waals surface area contributed by atoms with Crippen molar-refractivity contribution in [1.82, 2.24) is 14.9 Å². The van der Waals surface area contributed by atoms with Gasteiger partial charge in [0.2, 0.25) is 15.2 Å². The van der Waals surface area contributed by atoms with Gasteiger partial charge in [-0.1, -0.05) is 37.0 Å². The van der Waals surface area contributed by atoms with Gasteiger partial charge >= 0.3 is 0 Å². The molecule has 1 aromatic carbocycles. The predicted molar refractivity (Wildman–Crippen MR) is 102 cm³/mol. The van der Waals surface area contributed by atoms with Crippen LogP contribution in [0.25, 0.3) is 0 Å². The summed E-state index contributed by atoms with van der Waals surface area (Å²) in [6.07, 6.45) is 9.20. The van der Waals surface area contributed by atoms with Crippen molar-refractivity contribution in [3.8, 4) is 12.3 Å². The van der Waals surface area contributed by atoms with E-state index in [9.17, 15) is 13.2 Å². The van der Waals surface area contributed by atoms with Gasteiger partial charge in [0.15, 0.2) is 0 Å². The van der Waals surface area contributed by atoms with Crippen LogP contribution in [0.5, 0.6) is 0 Å². The van der Waals surface area contributed by atoms with Crippen molar-refractivity contribution in [1.29, 1.82) is 0 Å².